The van der Waals surface area contributed by atoms with Crippen LogP contribution in [0.1, 0.15) is 5.69 Å². The summed E-state index contributed by atoms with van der Waals surface area (Å²) in [7, 11) is 1.87. The Morgan fingerprint density at radius 1 is 1.04 bits per heavy atom. The molecule has 0 radical (unpaired) electrons. The fourth-order valence-corrected chi connectivity index (χ4v) is 2.49. The second-order valence-electron chi connectivity index (χ2n) is 5.28. The van der Waals surface area contributed by atoms with Crippen LogP contribution in [0, 0.1) is 6.92 Å². The summed E-state index contributed by atoms with van der Waals surface area (Å²) in [5.41, 5.74) is 1.72. The summed E-state index contributed by atoms with van der Waals surface area (Å²) in [6.07, 6.45) is 0. The van der Waals surface area contributed by atoms with Crippen molar-refractivity contribution in [1.29, 1.82) is 0 Å². The summed E-state index contributed by atoms with van der Waals surface area (Å²) in [6, 6.07) is 19.2. The van der Waals surface area contributed by atoms with Crippen molar-refractivity contribution in [3.8, 4) is 11.5 Å². The summed E-state index contributed by atoms with van der Waals surface area (Å²) < 4.78 is 7.67. The molecule has 0 unspecified atom stereocenters. The molecule has 1 aromatic heterocycles. The van der Waals surface area contributed by atoms with Crippen molar-refractivity contribution >= 4 is 28.8 Å². The van der Waals surface area contributed by atoms with Gasteiger partial charge in [-0.15, -0.1) is 0 Å². The van der Waals surface area contributed by atoms with Gasteiger partial charge < -0.3 is 15.4 Å². The number of aryl methyl sites for hydroxylation is 2. The van der Waals surface area contributed by atoms with Crippen molar-refractivity contribution in [3.63, 3.8) is 0 Å². The van der Waals surface area contributed by atoms with Crippen LogP contribution in [0.4, 0.5) is 11.5 Å². The van der Waals surface area contributed by atoms with Crippen molar-refractivity contribution in [3.05, 3.63) is 66.4 Å². The smallest absolute Gasteiger partial charge is 0.176 e. The number of nitrogens with one attached hydrogen (secondary N) is 2. The number of hydrogen-bond acceptors (Lipinski definition) is 3. The number of anilines is 2. The van der Waals surface area contributed by atoms with Crippen LogP contribution in [0.25, 0.3) is 0 Å². The molecule has 0 atom stereocenters. The number of benzene rings is 2. The summed E-state index contributed by atoms with van der Waals surface area (Å²) in [6.45, 7) is 1.94. The SMILES string of the molecule is Cc1cc(NC(=S)Nc2ccccc2Oc2ccccc2)n(C)n1. The molecule has 122 valence electrons. The predicted octanol–water partition coefficient (Wildman–Crippen LogP) is 4.33. The topological polar surface area (TPSA) is 51.1 Å². The van der Waals surface area contributed by atoms with Crippen LogP contribution in [-0.2, 0) is 7.05 Å². The first-order valence-electron chi connectivity index (χ1n) is 7.52. The second-order valence-corrected chi connectivity index (χ2v) is 5.69. The molecule has 0 aliphatic rings. The highest BCUT2D eigenvalue weighted by Crippen LogP contribution is 2.29. The zero-order valence-corrected chi connectivity index (χ0v) is 14.3. The molecule has 0 amide bonds. The van der Waals surface area contributed by atoms with E-state index in [4.69, 9.17) is 17.0 Å². The minimum absolute atomic E-state index is 0.474. The molecule has 24 heavy (non-hydrogen) atoms. The van der Waals surface area contributed by atoms with E-state index in [0.717, 1.165) is 22.9 Å². The molecule has 0 saturated heterocycles. The van der Waals surface area contributed by atoms with Crippen molar-refractivity contribution in [2.75, 3.05) is 10.6 Å². The largest absolute Gasteiger partial charge is 0.455 e. The average Bonchev–Trinajstić information content (AvgIpc) is 2.87. The van der Waals surface area contributed by atoms with Crippen molar-refractivity contribution < 1.29 is 4.74 Å². The molecule has 1 heterocycles. The maximum absolute atomic E-state index is 5.92. The predicted molar refractivity (Wildman–Crippen MR) is 101 cm³/mol. The van der Waals surface area contributed by atoms with Gasteiger partial charge in [-0.25, -0.2) is 0 Å². The molecule has 2 N–H and O–H groups in total. The molecular weight excluding hydrogens is 320 g/mol. The van der Waals surface area contributed by atoms with Gasteiger partial charge in [0.2, 0.25) is 0 Å². The number of para-hydroxylation sites is 3. The van der Waals surface area contributed by atoms with Gasteiger partial charge in [0.1, 0.15) is 11.6 Å². The molecule has 0 aliphatic heterocycles. The van der Waals surface area contributed by atoms with E-state index in [1.807, 2.05) is 74.6 Å². The van der Waals surface area contributed by atoms with E-state index >= 15 is 0 Å². The highest BCUT2D eigenvalue weighted by Gasteiger charge is 2.08. The standard InChI is InChI=1S/C18H18N4OS/c1-13-12-17(22(2)21-13)20-18(24)19-15-10-6-7-11-16(15)23-14-8-4-3-5-9-14/h3-12H,1-2H3,(H2,19,20,24). The van der Waals surface area contributed by atoms with Gasteiger partial charge in [-0.2, -0.15) is 5.10 Å². The molecule has 3 rings (SSSR count). The number of rotatable bonds is 4. The normalized spacial score (nSPS) is 10.2. The molecule has 2 aromatic carbocycles. The summed E-state index contributed by atoms with van der Waals surface area (Å²) >= 11 is 5.39. The van der Waals surface area contributed by atoms with Crippen LogP contribution >= 0.6 is 12.2 Å². The van der Waals surface area contributed by atoms with Crippen LogP contribution < -0.4 is 15.4 Å². The lowest BCUT2D eigenvalue weighted by Crippen LogP contribution is -2.21. The Hall–Kier alpha value is -2.86. The third kappa shape index (κ3) is 3.91. The van der Waals surface area contributed by atoms with E-state index in [1.165, 1.54) is 0 Å². The average molecular weight is 338 g/mol. The Balaban J connectivity index is 1.73. The molecule has 0 aliphatic carbocycles. The highest BCUT2D eigenvalue weighted by atomic mass is 32.1. The minimum Gasteiger partial charge on any atom is -0.455 e. The Labute approximate surface area is 146 Å². The minimum atomic E-state index is 0.474. The maximum Gasteiger partial charge on any atom is 0.176 e. The molecule has 5 nitrogen and oxygen atoms in total. The zero-order chi connectivity index (χ0) is 16.9. The lowest BCUT2D eigenvalue weighted by Gasteiger charge is -2.14. The third-order valence-corrected chi connectivity index (χ3v) is 3.55. The van der Waals surface area contributed by atoms with Gasteiger partial charge in [0.15, 0.2) is 10.9 Å². The summed E-state index contributed by atoms with van der Waals surface area (Å²) in [4.78, 5) is 0. The van der Waals surface area contributed by atoms with E-state index in [9.17, 15) is 0 Å². The van der Waals surface area contributed by atoms with Crippen LogP contribution in [0.15, 0.2) is 60.7 Å². The van der Waals surface area contributed by atoms with Crippen LogP contribution in [0.2, 0.25) is 0 Å². The van der Waals surface area contributed by atoms with Gasteiger partial charge in [-0.05, 0) is 43.4 Å². The van der Waals surface area contributed by atoms with Gasteiger partial charge in [-0.3, -0.25) is 4.68 Å². The van der Waals surface area contributed by atoms with E-state index in [0.29, 0.717) is 10.9 Å². The molecule has 6 heteroatoms. The Morgan fingerprint density at radius 3 is 2.46 bits per heavy atom. The van der Waals surface area contributed by atoms with Crippen LogP contribution in [-0.4, -0.2) is 14.9 Å². The van der Waals surface area contributed by atoms with Gasteiger partial charge in [0.25, 0.3) is 0 Å². The van der Waals surface area contributed by atoms with Crippen molar-refractivity contribution in [2.24, 2.45) is 7.05 Å². The van der Waals surface area contributed by atoms with E-state index in [1.54, 1.807) is 4.68 Å². The number of nitrogens with zero attached hydrogens (tertiary/aromatic N) is 2. The van der Waals surface area contributed by atoms with E-state index in [2.05, 4.69) is 15.7 Å². The number of thiocarbonyl (C=S) groups is 1. The van der Waals surface area contributed by atoms with Crippen molar-refractivity contribution in [2.45, 2.75) is 6.92 Å². The van der Waals surface area contributed by atoms with Gasteiger partial charge in [0, 0.05) is 13.1 Å². The van der Waals surface area contributed by atoms with E-state index < -0.39 is 0 Å². The quantitative estimate of drug-likeness (QED) is 0.694. The van der Waals surface area contributed by atoms with Gasteiger partial charge >= 0.3 is 0 Å². The lowest BCUT2D eigenvalue weighted by atomic mass is 10.3. The Morgan fingerprint density at radius 2 is 1.75 bits per heavy atom. The van der Waals surface area contributed by atoms with Crippen LogP contribution in [0.3, 0.4) is 0 Å². The van der Waals surface area contributed by atoms with Gasteiger partial charge in [-0.1, -0.05) is 30.3 Å². The lowest BCUT2D eigenvalue weighted by molar-refractivity contribution is 0.485. The third-order valence-electron chi connectivity index (χ3n) is 3.35. The zero-order valence-electron chi connectivity index (χ0n) is 13.5. The summed E-state index contributed by atoms with van der Waals surface area (Å²) in [5.74, 6) is 2.30. The number of hydrogen-bond donors (Lipinski definition) is 2. The fraction of sp³-hybridized carbons (Fsp3) is 0.111. The maximum atomic E-state index is 5.92. The number of ether oxygens (including phenoxy) is 1. The Bertz CT molecular complexity index is 845. The second kappa shape index (κ2) is 7.14. The van der Waals surface area contributed by atoms with Crippen molar-refractivity contribution in [1.82, 2.24) is 9.78 Å². The van der Waals surface area contributed by atoms with E-state index in [-0.39, 0.29) is 0 Å². The van der Waals surface area contributed by atoms with Crippen LogP contribution in [0.5, 0.6) is 11.5 Å². The summed E-state index contributed by atoms with van der Waals surface area (Å²) in [5, 5.41) is 11.1. The molecule has 0 saturated carbocycles. The first-order valence-corrected chi connectivity index (χ1v) is 7.93. The molecule has 0 bridgehead atoms. The first-order chi connectivity index (χ1) is 11.6. The fourth-order valence-electron chi connectivity index (χ4n) is 2.27. The van der Waals surface area contributed by atoms with Gasteiger partial charge in [0.05, 0.1) is 11.4 Å². The monoisotopic (exact) mass is 338 g/mol. The first kappa shape index (κ1) is 16.0. The Kier molecular flexibility index (Phi) is 4.77. The molecular formula is C18H18N4OS. The number of aromatic nitrogens is 2. The highest BCUT2D eigenvalue weighted by molar-refractivity contribution is 7.80. The molecule has 3 aromatic rings. The molecule has 0 fully saturated rings. The molecule has 0 spiro atoms.